The maximum Gasteiger partial charge on any atom is 0.273 e. The molecule has 0 aliphatic heterocycles. The molecule has 3 N–H and O–H groups in total. The molecule has 0 heterocycles. The average Bonchev–Trinajstić information content (AvgIpc) is 2.66. The second kappa shape index (κ2) is 8.65. The Labute approximate surface area is 150 Å². The Balaban J connectivity index is 1.89. The van der Waals surface area contributed by atoms with E-state index >= 15 is 0 Å². The number of thiocarbonyl (C=S) groups is 1. The number of ether oxygens (including phenoxy) is 2. The number of benzene rings is 2. The zero-order valence-electron chi connectivity index (χ0n) is 13.7. The Morgan fingerprint density at radius 1 is 0.880 bits per heavy atom. The van der Waals surface area contributed by atoms with Crippen molar-refractivity contribution in [2.75, 3.05) is 14.2 Å². The number of hydrogen-bond acceptors (Lipinski definition) is 5. The van der Waals surface area contributed by atoms with Gasteiger partial charge in [0, 0.05) is 5.56 Å². The molecule has 0 radical (unpaired) electrons. The van der Waals surface area contributed by atoms with Crippen molar-refractivity contribution < 1.29 is 19.1 Å². The summed E-state index contributed by atoms with van der Waals surface area (Å²) < 4.78 is 10.1. The molecule has 0 aliphatic rings. The molecule has 25 heavy (non-hydrogen) atoms. The van der Waals surface area contributed by atoms with Gasteiger partial charge in [0.1, 0.15) is 11.5 Å². The van der Waals surface area contributed by atoms with Crippen LogP contribution in [-0.4, -0.2) is 31.1 Å². The number of hydrogen-bond donors (Lipinski definition) is 3. The Bertz CT molecular complexity index is 778. The lowest BCUT2D eigenvalue weighted by Gasteiger charge is -2.12. The van der Waals surface area contributed by atoms with E-state index in [4.69, 9.17) is 21.7 Å². The van der Waals surface area contributed by atoms with Crippen molar-refractivity contribution in [3.05, 3.63) is 59.7 Å². The van der Waals surface area contributed by atoms with Crippen LogP contribution in [-0.2, 0) is 0 Å². The molecule has 0 aliphatic carbocycles. The zero-order valence-corrected chi connectivity index (χ0v) is 14.5. The number of carbonyl (C=O) groups is 2. The summed E-state index contributed by atoms with van der Waals surface area (Å²) in [5.74, 6) is 0.210. The van der Waals surface area contributed by atoms with E-state index in [-0.39, 0.29) is 5.11 Å². The van der Waals surface area contributed by atoms with E-state index in [1.54, 1.807) is 55.6 Å². The summed E-state index contributed by atoms with van der Waals surface area (Å²) in [6.07, 6.45) is 0. The minimum Gasteiger partial charge on any atom is -0.497 e. The number of methoxy groups -OCH3 is 2. The van der Waals surface area contributed by atoms with E-state index < -0.39 is 11.8 Å². The molecule has 0 spiro atoms. The molecule has 7 nitrogen and oxygen atoms in total. The van der Waals surface area contributed by atoms with Crippen molar-refractivity contribution in [1.82, 2.24) is 16.2 Å². The lowest BCUT2D eigenvalue weighted by molar-refractivity contribution is 0.0932. The van der Waals surface area contributed by atoms with Gasteiger partial charge in [-0.15, -0.1) is 0 Å². The number of para-hydroxylation sites is 1. The Morgan fingerprint density at radius 3 is 2.20 bits per heavy atom. The van der Waals surface area contributed by atoms with Crippen molar-refractivity contribution in [3.8, 4) is 11.5 Å². The SMILES string of the molecule is COc1ccc(C(=O)NC(=S)NNC(=O)c2ccccc2OC)cc1. The Hall–Kier alpha value is -3.13. The normalized spacial score (nSPS) is 9.68. The van der Waals surface area contributed by atoms with Crippen molar-refractivity contribution in [1.29, 1.82) is 0 Å². The smallest absolute Gasteiger partial charge is 0.273 e. The van der Waals surface area contributed by atoms with Crippen molar-refractivity contribution in [3.63, 3.8) is 0 Å². The zero-order chi connectivity index (χ0) is 18.2. The van der Waals surface area contributed by atoms with Crippen LogP contribution in [0.15, 0.2) is 48.5 Å². The highest BCUT2D eigenvalue weighted by atomic mass is 32.1. The summed E-state index contributed by atoms with van der Waals surface area (Å²) in [7, 11) is 3.01. The Kier molecular flexibility index (Phi) is 6.30. The molecule has 0 saturated carbocycles. The monoisotopic (exact) mass is 359 g/mol. The predicted molar refractivity (Wildman–Crippen MR) is 96.7 cm³/mol. The first-order chi connectivity index (χ1) is 12.0. The molecule has 8 heteroatoms. The van der Waals surface area contributed by atoms with Gasteiger partial charge in [0.05, 0.1) is 19.8 Å². The van der Waals surface area contributed by atoms with E-state index in [1.165, 1.54) is 7.11 Å². The number of carbonyl (C=O) groups excluding carboxylic acids is 2. The van der Waals surface area contributed by atoms with Crippen molar-refractivity contribution >= 4 is 29.1 Å². The highest BCUT2D eigenvalue weighted by Crippen LogP contribution is 2.16. The van der Waals surface area contributed by atoms with Gasteiger partial charge in [-0.25, -0.2) is 0 Å². The number of rotatable bonds is 4. The van der Waals surface area contributed by atoms with Crippen LogP contribution in [0, 0.1) is 0 Å². The Morgan fingerprint density at radius 2 is 1.56 bits per heavy atom. The third-order valence-corrected chi connectivity index (χ3v) is 3.42. The first-order valence-corrected chi connectivity index (χ1v) is 7.64. The van der Waals surface area contributed by atoms with Crippen LogP contribution >= 0.6 is 12.2 Å². The second-order valence-electron chi connectivity index (χ2n) is 4.79. The van der Waals surface area contributed by atoms with E-state index in [0.717, 1.165) is 0 Å². The first-order valence-electron chi connectivity index (χ1n) is 7.24. The molecule has 130 valence electrons. The summed E-state index contributed by atoms with van der Waals surface area (Å²) in [5, 5.41) is 2.43. The lowest BCUT2D eigenvalue weighted by Crippen LogP contribution is -2.48. The van der Waals surface area contributed by atoms with Gasteiger partial charge >= 0.3 is 0 Å². The molecule has 0 saturated heterocycles. The first kappa shape index (κ1) is 18.2. The highest BCUT2D eigenvalue weighted by Gasteiger charge is 2.12. The van der Waals surface area contributed by atoms with Crippen molar-refractivity contribution in [2.45, 2.75) is 0 Å². The fraction of sp³-hybridized carbons (Fsp3) is 0.118. The number of amides is 2. The predicted octanol–water partition coefficient (Wildman–Crippen LogP) is 1.65. The minimum absolute atomic E-state index is 0.0379. The average molecular weight is 359 g/mol. The van der Waals surface area contributed by atoms with Gasteiger partial charge in [0.25, 0.3) is 11.8 Å². The topological polar surface area (TPSA) is 88.7 Å². The third-order valence-electron chi connectivity index (χ3n) is 3.22. The van der Waals surface area contributed by atoms with Crippen LogP contribution in [0.25, 0.3) is 0 Å². The second-order valence-corrected chi connectivity index (χ2v) is 5.20. The quantitative estimate of drug-likeness (QED) is 0.568. The van der Waals surface area contributed by atoms with Crippen LogP contribution in [0.4, 0.5) is 0 Å². The van der Waals surface area contributed by atoms with Gasteiger partial charge in [0.2, 0.25) is 0 Å². The largest absolute Gasteiger partial charge is 0.497 e. The summed E-state index contributed by atoms with van der Waals surface area (Å²) in [6.45, 7) is 0. The number of nitrogens with one attached hydrogen (secondary N) is 3. The molecular weight excluding hydrogens is 342 g/mol. The summed E-state index contributed by atoms with van der Waals surface area (Å²) >= 11 is 4.99. The molecule has 0 bridgehead atoms. The van der Waals surface area contributed by atoms with Gasteiger partial charge in [0.15, 0.2) is 5.11 Å². The van der Waals surface area contributed by atoms with Gasteiger partial charge in [-0.3, -0.25) is 25.8 Å². The van der Waals surface area contributed by atoms with Crippen LogP contribution in [0.3, 0.4) is 0 Å². The highest BCUT2D eigenvalue weighted by molar-refractivity contribution is 7.80. The fourth-order valence-corrected chi connectivity index (χ4v) is 2.11. The lowest BCUT2D eigenvalue weighted by atomic mass is 10.2. The maximum absolute atomic E-state index is 12.1. The van der Waals surface area contributed by atoms with E-state index in [2.05, 4.69) is 16.2 Å². The molecule has 2 aromatic carbocycles. The molecule has 2 aromatic rings. The molecule has 0 atom stereocenters. The molecule has 0 fully saturated rings. The van der Waals surface area contributed by atoms with E-state index in [1.807, 2.05) is 0 Å². The third kappa shape index (κ3) is 4.92. The molecule has 2 rings (SSSR count). The number of hydrazine groups is 1. The van der Waals surface area contributed by atoms with Gasteiger partial charge in [-0.05, 0) is 48.6 Å². The van der Waals surface area contributed by atoms with Gasteiger partial charge < -0.3 is 9.47 Å². The van der Waals surface area contributed by atoms with Crippen LogP contribution < -0.4 is 25.6 Å². The molecule has 0 aromatic heterocycles. The minimum atomic E-state index is -0.446. The van der Waals surface area contributed by atoms with Crippen LogP contribution in [0.5, 0.6) is 11.5 Å². The molecular formula is C17H17N3O4S. The maximum atomic E-state index is 12.1. The van der Waals surface area contributed by atoms with E-state index in [0.29, 0.717) is 22.6 Å². The van der Waals surface area contributed by atoms with Crippen molar-refractivity contribution in [2.24, 2.45) is 0 Å². The molecule has 2 amide bonds. The summed E-state index contributed by atoms with van der Waals surface area (Å²) in [5.41, 5.74) is 5.62. The molecule has 0 unspecified atom stereocenters. The summed E-state index contributed by atoms with van der Waals surface area (Å²) in [4.78, 5) is 24.2. The fourth-order valence-electron chi connectivity index (χ4n) is 1.96. The van der Waals surface area contributed by atoms with Gasteiger partial charge in [-0.1, -0.05) is 12.1 Å². The summed E-state index contributed by atoms with van der Waals surface area (Å²) in [6, 6.07) is 13.3. The van der Waals surface area contributed by atoms with E-state index in [9.17, 15) is 9.59 Å². The van der Waals surface area contributed by atoms with Crippen LogP contribution in [0.1, 0.15) is 20.7 Å². The standard InChI is InChI=1S/C17H17N3O4S/c1-23-12-9-7-11(8-10-12)15(21)18-17(25)20-19-16(22)13-5-3-4-6-14(13)24-2/h3-10H,1-2H3,(H,19,22)(H2,18,20,21,25). The van der Waals surface area contributed by atoms with Crippen LogP contribution in [0.2, 0.25) is 0 Å². The van der Waals surface area contributed by atoms with Gasteiger partial charge in [-0.2, -0.15) is 0 Å².